The predicted octanol–water partition coefficient (Wildman–Crippen LogP) is 3.41. The average molecular weight is 272 g/mol. The lowest BCUT2D eigenvalue weighted by Crippen LogP contribution is -2.17. The fraction of sp³-hybridized carbons (Fsp3) is 0.286. The van der Waals surface area contributed by atoms with Crippen LogP contribution in [0.2, 0.25) is 0 Å². The largest absolute Gasteiger partial charge is 0.395 e. The summed E-state index contributed by atoms with van der Waals surface area (Å²) in [7, 11) is 0. The van der Waals surface area contributed by atoms with Crippen LogP contribution in [0.25, 0.3) is 0 Å². The van der Waals surface area contributed by atoms with Crippen LogP contribution in [0.4, 0.5) is 11.5 Å². The zero-order valence-corrected chi connectivity index (χ0v) is 11.7. The Kier molecular flexibility index (Phi) is 4.03. The van der Waals surface area contributed by atoms with Crippen molar-refractivity contribution in [1.29, 1.82) is 5.26 Å². The third-order valence-corrected chi connectivity index (χ3v) is 3.87. The molecular formula is C14H16N4S. The lowest BCUT2D eigenvalue weighted by molar-refractivity contribution is 0.552. The summed E-state index contributed by atoms with van der Waals surface area (Å²) in [6, 6.07) is 7.95. The monoisotopic (exact) mass is 272 g/mol. The van der Waals surface area contributed by atoms with Crippen LogP contribution >= 0.6 is 11.3 Å². The molecule has 3 N–H and O–H groups in total. The Morgan fingerprint density at radius 1 is 1.42 bits per heavy atom. The van der Waals surface area contributed by atoms with E-state index in [1.165, 1.54) is 4.88 Å². The van der Waals surface area contributed by atoms with E-state index < -0.39 is 0 Å². The van der Waals surface area contributed by atoms with E-state index in [9.17, 15) is 0 Å². The van der Waals surface area contributed by atoms with Crippen molar-refractivity contribution in [3.8, 4) is 6.07 Å². The minimum Gasteiger partial charge on any atom is -0.395 e. The quantitative estimate of drug-likeness (QED) is 0.894. The highest BCUT2D eigenvalue weighted by Gasteiger charge is 2.18. The Morgan fingerprint density at radius 2 is 2.21 bits per heavy atom. The number of nitrogens with zero attached hydrogens (tertiary/aromatic N) is 2. The Bertz CT molecular complexity index is 584. The fourth-order valence-electron chi connectivity index (χ4n) is 1.87. The van der Waals surface area contributed by atoms with Crippen LogP contribution in [0.1, 0.15) is 30.3 Å². The number of rotatable bonds is 4. The van der Waals surface area contributed by atoms with Gasteiger partial charge in [0.1, 0.15) is 6.07 Å². The number of nitrogen functional groups attached to an aromatic ring is 1. The van der Waals surface area contributed by atoms with E-state index >= 15 is 0 Å². The smallest absolute Gasteiger partial charge is 0.151 e. The van der Waals surface area contributed by atoms with Gasteiger partial charge in [-0.3, -0.25) is 0 Å². The number of anilines is 2. The normalized spacial score (nSPS) is 12.1. The van der Waals surface area contributed by atoms with Crippen LogP contribution < -0.4 is 11.1 Å². The zero-order valence-electron chi connectivity index (χ0n) is 10.9. The van der Waals surface area contributed by atoms with Gasteiger partial charge >= 0.3 is 0 Å². The number of thiophene rings is 1. The summed E-state index contributed by atoms with van der Waals surface area (Å²) < 4.78 is 0. The van der Waals surface area contributed by atoms with E-state index in [4.69, 9.17) is 11.0 Å². The number of pyridine rings is 1. The Labute approximate surface area is 116 Å². The second kappa shape index (κ2) is 5.72. The first-order valence-electron chi connectivity index (χ1n) is 6.08. The third-order valence-electron chi connectivity index (χ3n) is 2.92. The van der Waals surface area contributed by atoms with Crippen molar-refractivity contribution in [2.75, 3.05) is 11.1 Å². The van der Waals surface area contributed by atoms with Crippen molar-refractivity contribution < 1.29 is 0 Å². The Morgan fingerprint density at radius 3 is 2.79 bits per heavy atom. The van der Waals surface area contributed by atoms with Gasteiger partial charge < -0.3 is 11.1 Å². The van der Waals surface area contributed by atoms with Crippen molar-refractivity contribution >= 4 is 22.8 Å². The molecule has 0 aromatic carbocycles. The summed E-state index contributed by atoms with van der Waals surface area (Å²) in [6.45, 7) is 4.28. The predicted molar refractivity (Wildman–Crippen MR) is 78.9 cm³/mol. The Balaban J connectivity index is 2.31. The molecule has 0 radical (unpaired) electrons. The Hall–Kier alpha value is -2.06. The molecule has 0 spiro atoms. The highest BCUT2D eigenvalue weighted by atomic mass is 32.1. The molecule has 0 aliphatic heterocycles. The van der Waals surface area contributed by atoms with Crippen molar-refractivity contribution in [2.45, 2.75) is 19.9 Å². The summed E-state index contributed by atoms with van der Waals surface area (Å²) in [6.07, 6.45) is 1.60. The fourth-order valence-corrected chi connectivity index (χ4v) is 2.82. The summed E-state index contributed by atoms with van der Waals surface area (Å²) in [5.74, 6) is 0.969. The first-order valence-corrected chi connectivity index (χ1v) is 6.96. The molecule has 2 heterocycles. The molecule has 19 heavy (non-hydrogen) atoms. The number of aromatic nitrogens is 1. The van der Waals surface area contributed by atoms with Gasteiger partial charge in [-0.25, -0.2) is 4.98 Å². The van der Waals surface area contributed by atoms with E-state index in [2.05, 4.69) is 41.7 Å². The maximum atomic E-state index is 8.99. The van der Waals surface area contributed by atoms with Crippen LogP contribution in [0, 0.1) is 17.2 Å². The molecule has 0 aliphatic carbocycles. The molecule has 0 saturated carbocycles. The molecule has 0 bridgehead atoms. The van der Waals surface area contributed by atoms with Crippen LogP contribution in [0.15, 0.2) is 29.8 Å². The molecule has 1 unspecified atom stereocenters. The van der Waals surface area contributed by atoms with Gasteiger partial charge in [0.2, 0.25) is 0 Å². The summed E-state index contributed by atoms with van der Waals surface area (Å²) in [4.78, 5) is 5.47. The number of nitriles is 1. The van der Waals surface area contributed by atoms with Gasteiger partial charge in [-0.05, 0) is 23.4 Å². The van der Waals surface area contributed by atoms with Crippen molar-refractivity contribution in [1.82, 2.24) is 4.98 Å². The van der Waals surface area contributed by atoms with Crippen LogP contribution in [-0.4, -0.2) is 4.98 Å². The SMILES string of the molecule is CC(C)C(Nc1nccc(C#N)c1N)c1cccs1. The van der Waals surface area contributed by atoms with E-state index in [1.807, 2.05) is 6.07 Å². The molecule has 1 atom stereocenters. The molecule has 0 amide bonds. The van der Waals surface area contributed by atoms with Gasteiger partial charge in [-0.1, -0.05) is 19.9 Å². The van der Waals surface area contributed by atoms with Gasteiger partial charge in [0.05, 0.1) is 17.3 Å². The number of hydrogen-bond acceptors (Lipinski definition) is 5. The van der Waals surface area contributed by atoms with Gasteiger partial charge in [0.15, 0.2) is 5.82 Å². The van der Waals surface area contributed by atoms with Crippen molar-refractivity contribution in [3.63, 3.8) is 0 Å². The highest BCUT2D eigenvalue weighted by molar-refractivity contribution is 7.10. The minimum absolute atomic E-state index is 0.142. The maximum absolute atomic E-state index is 8.99. The standard InChI is InChI=1S/C14H16N4S/c1-9(2)13(11-4-3-7-19-11)18-14-12(16)10(8-15)5-6-17-14/h3-7,9,13H,16H2,1-2H3,(H,17,18). The zero-order chi connectivity index (χ0) is 13.8. The van der Waals surface area contributed by atoms with Crippen LogP contribution in [-0.2, 0) is 0 Å². The van der Waals surface area contributed by atoms with E-state index in [-0.39, 0.29) is 6.04 Å². The first kappa shape index (κ1) is 13.4. The molecule has 2 aromatic rings. The molecule has 2 rings (SSSR count). The second-order valence-electron chi connectivity index (χ2n) is 4.61. The van der Waals surface area contributed by atoms with E-state index in [0.717, 1.165) is 0 Å². The number of nitrogens with two attached hydrogens (primary N) is 1. The number of hydrogen-bond donors (Lipinski definition) is 2. The molecule has 0 fully saturated rings. The topological polar surface area (TPSA) is 74.7 Å². The molecule has 5 heteroatoms. The third kappa shape index (κ3) is 2.85. The van der Waals surface area contributed by atoms with E-state index in [1.54, 1.807) is 23.6 Å². The van der Waals surface area contributed by atoms with Crippen molar-refractivity contribution in [2.24, 2.45) is 5.92 Å². The lowest BCUT2D eigenvalue weighted by atomic mass is 10.0. The van der Waals surface area contributed by atoms with Gasteiger partial charge in [0, 0.05) is 11.1 Å². The summed E-state index contributed by atoms with van der Waals surface area (Å²) in [5, 5.41) is 14.4. The summed E-state index contributed by atoms with van der Waals surface area (Å²) in [5.41, 5.74) is 6.81. The lowest BCUT2D eigenvalue weighted by Gasteiger charge is -2.22. The van der Waals surface area contributed by atoms with Crippen molar-refractivity contribution in [3.05, 3.63) is 40.2 Å². The van der Waals surface area contributed by atoms with Crippen LogP contribution in [0.3, 0.4) is 0 Å². The molecule has 0 aliphatic rings. The number of nitrogens with one attached hydrogen (secondary N) is 1. The molecule has 4 nitrogen and oxygen atoms in total. The van der Waals surface area contributed by atoms with Gasteiger partial charge in [-0.15, -0.1) is 11.3 Å². The minimum atomic E-state index is 0.142. The molecular weight excluding hydrogens is 256 g/mol. The summed E-state index contributed by atoms with van der Waals surface area (Å²) >= 11 is 1.70. The highest BCUT2D eigenvalue weighted by Crippen LogP contribution is 2.31. The van der Waals surface area contributed by atoms with Gasteiger partial charge in [-0.2, -0.15) is 5.26 Å². The maximum Gasteiger partial charge on any atom is 0.151 e. The average Bonchev–Trinajstić information content (AvgIpc) is 2.90. The van der Waals surface area contributed by atoms with Crippen LogP contribution in [0.5, 0.6) is 0 Å². The van der Waals surface area contributed by atoms with Gasteiger partial charge in [0.25, 0.3) is 0 Å². The molecule has 98 valence electrons. The second-order valence-corrected chi connectivity index (χ2v) is 5.59. The van der Waals surface area contributed by atoms with E-state index in [0.29, 0.717) is 23.0 Å². The first-order chi connectivity index (χ1) is 9.13. The molecule has 0 saturated heterocycles. The molecule has 2 aromatic heterocycles.